The molecule has 3 nitrogen and oxygen atoms in total. The maximum Gasteiger partial charge on any atom is 0.133 e. The molecule has 1 aliphatic rings. The Bertz CT molecular complexity index is 383. The quantitative estimate of drug-likeness (QED) is 0.893. The fourth-order valence-electron chi connectivity index (χ4n) is 2.60. The van der Waals surface area contributed by atoms with E-state index in [4.69, 9.17) is 11.6 Å². The van der Waals surface area contributed by atoms with Crippen LogP contribution in [0.2, 0.25) is 5.15 Å². The van der Waals surface area contributed by atoms with Crippen molar-refractivity contribution in [2.24, 2.45) is 0 Å². The molecule has 1 heterocycles. The maximum absolute atomic E-state index is 9.49. The van der Waals surface area contributed by atoms with Crippen LogP contribution >= 0.6 is 11.6 Å². The molecule has 0 bridgehead atoms. The first-order chi connectivity index (χ1) is 8.19. The third kappa shape index (κ3) is 2.36. The molecule has 0 radical (unpaired) electrons. The highest BCUT2D eigenvalue weighted by atomic mass is 35.5. The fourth-order valence-corrected chi connectivity index (χ4v) is 2.96. The standard InChI is InChI=1S/C13H21ClN2O/c1-3-9(2)16-13(14)11(8-17)12(15-16)10-6-4-5-7-10/h9-10,17H,3-8H2,1-2H3. The number of aliphatic hydroxyl groups is 1. The minimum absolute atomic E-state index is 0.00109. The van der Waals surface area contributed by atoms with E-state index in [9.17, 15) is 5.11 Å². The third-order valence-electron chi connectivity index (χ3n) is 3.88. The van der Waals surface area contributed by atoms with Crippen LogP contribution in [0.5, 0.6) is 0 Å². The fraction of sp³-hybridized carbons (Fsp3) is 0.769. The number of hydrogen-bond donors (Lipinski definition) is 1. The topological polar surface area (TPSA) is 38.0 Å². The van der Waals surface area contributed by atoms with Crippen molar-refractivity contribution in [3.05, 3.63) is 16.4 Å². The molecule has 4 heteroatoms. The van der Waals surface area contributed by atoms with Gasteiger partial charge in [-0.3, -0.25) is 4.68 Å². The van der Waals surface area contributed by atoms with Crippen molar-refractivity contribution in [2.45, 2.75) is 64.5 Å². The van der Waals surface area contributed by atoms with Gasteiger partial charge in [0.15, 0.2) is 0 Å². The number of aliphatic hydroxyl groups excluding tert-OH is 1. The van der Waals surface area contributed by atoms with Crippen LogP contribution in [0.3, 0.4) is 0 Å². The predicted octanol–water partition coefficient (Wildman–Crippen LogP) is 3.66. The van der Waals surface area contributed by atoms with Crippen molar-refractivity contribution in [2.75, 3.05) is 0 Å². The summed E-state index contributed by atoms with van der Waals surface area (Å²) in [5.74, 6) is 0.500. The lowest BCUT2D eigenvalue weighted by molar-refractivity contribution is 0.279. The smallest absolute Gasteiger partial charge is 0.133 e. The molecule has 2 rings (SSSR count). The van der Waals surface area contributed by atoms with Crippen LogP contribution in [-0.2, 0) is 6.61 Å². The van der Waals surface area contributed by atoms with Gasteiger partial charge in [-0.2, -0.15) is 5.10 Å². The predicted molar refractivity (Wildman–Crippen MR) is 69.4 cm³/mol. The van der Waals surface area contributed by atoms with E-state index in [-0.39, 0.29) is 6.61 Å². The lowest BCUT2D eigenvalue weighted by atomic mass is 10.0. The Hall–Kier alpha value is -0.540. The molecular formula is C13H21ClN2O. The van der Waals surface area contributed by atoms with Crippen LogP contribution in [-0.4, -0.2) is 14.9 Å². The van der Waals surface area contributed by atoms with Gasteiger partial charge in [0.1, 0.15) is 5.15 Å². The number of nitrogens with zero attached hydrogens (tertiary/aromatic N) is 2. The van der Waals surface area contributed by atoms with Crippen LogP contribution in [0.4, 0.5) is 0 Å². The minimum atomic E-state index is 0.00109. The van der Waals surface area contributed by atoms with Crippen molar-refractivity contribution < 1.29 is 5.11 Å². The second-order valence-electron chi connectivity index (χ2n) is 5.00. The Labute approximate surface area is 108 Å². The zero-order chi connectivity index (χ0) is 12.4. The largest absolute Gasteiger partial charge is 0.391 e. The number of rotatable bonds is 4. The van der Waals surface area contributed by atoms with Crippen molar-refractivity contribution >= 4 is 11.6 Å². The summed E-state index contributed by atoms with van der Waals surface area (Å²) in [6, 6.07) is 0.294. The van der Waals surface area contributed by atoms with E-state index < -0.39 is 0 Å². The first-order valence-electron chi connectivity index (χ1n) is 6.56. The van der Waals surface area contributed by atoms with Crippen molar-refractivity contribution in [1.82, 2.24) is 9.78 Å². The van der Waals surface area contributed by atoms with Gasteiger partial charge >= 0.3 is 0 Å². The van der Waals surface area contributed by atoms with Gasteiger partial charge in [0.25, 0.3) is 0 Å². The number of aromatic nitrogens is 2. The highest BCUT2D eigenvalue weighted by Crippen LogP contribution is 2.38. The van der Waals surface area contributed by atoms with Gasteiger partial charge in [-0.25, -0.2) is 0 Å². The highest BCUT2D eigenvalue weighted by molar-refractivity contribution is 6.30. The molecular weight excluding hydrogens is 236 g/mol. The average Bonchev–Trinajstić information content (AvgIpc) is 2.95. The van der Waals surface area contributed by atoms with Gasteiger partial charge in [0, 0.05) is 11.5 Å². The van der Waals surface area contributed by atoms with Gasteiger partial charge in [-0.15, -0.1) is 0 Å². The zero-order valence-electron chi connectivity index (χ0n) is 10.6. The van der Waals surface area contributed by atoms with Crippen LogP contribution in [0.1, 0.15) is 69.2 Å². The third-order valence-corrected chi connectivity index (χ3v) is 4.28. The Balaban J connectivity index is 2.37. The Morgan fingerprint density at radius 3 is 2.65 bits per heavy atom. The van der Waals surface area contributed by atoms with Gasteiger partial charge < -0.3 is 5.11 Å². The van der Waals surface area contributed by atoms with Crippen LogP contribution in [0.25, 0.3) is 0 Å². The molecule has 0 aliphatic heterocycles. The molecule has 1 atom stereocenters. The Morgan fingerprint density at radius 1 is 1.47 bits per heavy atom. The second kappa shape index (κ2) is 5.40. The van der Waals surface area contributed by atoms with Crippen LogP contribution in [0.15, 0.2) is 0 Å². The zero-order valence-corrected chi connectivity index (χ0v) is 11.4. The molecule has 96 valence electrons. The molecule has 1 aromatic heterocycles. The van der Waals surface area contributed by atoms with E-state index in [1.165, 1.54) is 25.7 Å². The Morgan fingerprint density at radius 2 is 2.12 bits per heavy atom. The summed E-state index contributed by atoms with van der Waals surface area (Å²) in [6.45, 7) is 4.23. The molecule has 17 heavy (non-hydrogen) atoms. The maximum atomic E-state index is 9.49. The molecule has 1 aliphatic carbocycles. The van der Waals surface area contributed by atoms with E-state index in [0.717, 1.165) is 17.7 Å². The molecule has 0 aromatic carbocycles. The lowest BCUT2D eigenvalue weighted by Crippen LogP contribution is -2.06. The molecule has 1 N–H and O–H groups in total. The molecule has 1 unspecified atom stereocenters. The first kappa shape index (κ1) is 12.9. The Kier molecular flexibility index (Phi) is 4.10. The summed E-state index contributed by atoms with van der Waals surface area (Å²) in [4.78, 5) is 0. The van der Waals surface area contributed by atoms with Gasteiger partial charge in [0.2, 0.25) is 0 Å². The lowest BCUT2D eigenvalue weighted by Gasteiger charge is -2.10. The number of hydrogen-bond acceptors (Lipinski definition) is 2. The summed E-state index contributed by atoms with van der Waals surface area (Å²) >= 11 is 6.32. The molecule has 0 saturated heterocycles. The van der Waals surface area contributed by atoms with E-state index in [1.54, 1.807) is 0 Å². The van der Waals surface area contributed by atoms with E-state index >= 15 is 0 Å². The summed E-state index contributed by atoms with van der Waals surface area (Å²) < 4.78 is 1.88. The SMILES string of the molecule is CCC(C)n1nc(C2CCCC2)c(CO)c1Cl. The van der Waals surface area contributed by atoms with E-state index in [0.29, 0.717) is 17.1 Å². The van der Waals surface area contributed by atoms with Crippen molar-refractivity contribution in [3.8, 4) is 0 Å². The molecule has 1 aromatic rings. The number of halogens is 1. The summed E-state index contributed by atoms with van der Waals surface area (Å²) in [5, 5.41) is 14.8. The molecule has 1 saturated carbocycles. The second-order valence-corrected chi connectivity index (χ2v) is 5.35. The van der Waals surface area contributed by atoms with Gasteiger partial charge in [-0.1, -0.05) is 31.4 Å². The van der Waals surface area contributed by atoms with Gasteiger partial charge in [0.05, 0.1) is 18.3 Å². The molecule has 0 spiro atoms. The van der Waals surface area contributed by atoms with Crippen LogP contribution in [0, 0.1) is 0 Å². The summed E-state index contributed by atoms with van der Waals surface area (Å²) in [7, 11) is 0. The van der Waals surface area contributed by atoms with Gasteiger partial charge in [-0.05, 0) is 26.2 Å². The minimum Gasteiger partial charge on any atom is -0.391 e. The normalized spacial score (nSPS) is 18.8. The van der Waals surface area contributed by atoms with Crippen molar-refractivity contribution in [3.63, 3.8) is 0 Å². The first-order valence-corrected chi connectivity index (χ1v) is 6.94. The van der Waals surface area contributed by atoms with E-state index in [1.807, 2.05) is 4.68 Å². The molecule has 1 fully saturated rings. The summed E-state index contributed by atoms with van der Waals surface area (Å²) in [5.41, 5.74) is 1.88. The van der Waals surface area contributed by atoms with Crippen molar-refractivity contribution in [1.29, 1.82) is 0 Å². The average molecular weight is 257 g/mol. The van der Waals surface area contributed by atoms with Crippen LogP contribution < -0.4 is 0 Å². The molecule has 0 amide bonds. The van der Waals surface area contributed by atoms with E-state index in [2.05, 4.69) is 18.9 Å². The highest BCUT2D eigenvalue weighted by Gasteiger charge is 2.26. The monoisotopic (exact) mass is 256 g/mol. The summed E-state index contributed by atoms with van der Waals surface area (Å²) in [6.07, 6.45) is 5.89.